The quantitative estimate of drug-likeness (QED) is 0.587. The van der Waals surface area contributed by atoms with Crippen LogP contribution in [0.3, 0.4) is 0 Å². The largest absolute Gasteiger partial charge is 0.395 e. The zero-order chi connectivity index (χ0) is 9.68. The minimum Gasteiger partial charge on any atom is -0.395 e. The van der Waals surface area contributed by atoms with Gasteiger partial charge in [-0.1, -0.05) is 13.3 Å². The van der Waals surface area contributed by atoms with Crippen molar-refractivity contribution in [2.45, 2.75) is 32.2 Å². The Balaban J connectivity index is 2.19. The SMILES string of the molecule is C[C@@H]1CCC[C@@H]1NC(=S)NCCO. The molecule has 0 aromatic heterocycles. The number of thiocarbonyl (C=S) groups is 1. The summed E-state index contributed by atoms with van der Waals surface area (Å²) in [5.41, 5.74) is 0. The topological polar surface area (TPSA) is 44.3 Å². The van der Waals surface area contributed by atoms with Gasteiger partial charge in [0.2, 0.25) is 0 Å². The maximum atomic E-state index is 8.58. The molecule has 13 heavy (non-hydrogen) atoms. The molecule has 0 saturated heterocycles. The van der Waals surface area contributed by atoms with Gasteiger partial charge in [0, 0.05) is 12.6 Å². The predicted molar refractivity (Wildman–Crippen MR) is 57.6 cm³/mol. The van der Waals surface area contributed by atoms with Crippen LogP contribution < -0.4 is 10.6 Å². The van der Waals surface area contributed by atoms with Crippen molar-refractivity contribution >= 4 is 17.3 Å². The van der Waals surface area contributed by atoms with Gasteiger partial charge in [-0.3, -0.25) is 0 Å². The highest BCUT2D eigenvalue weighted by atomic mass is 32.1. The minimum absolute atomic E-state index is 0.127. The first kappa shape index (κ1) is 10.7. The molecule has 0 aromatic carbocycles. The Morgan fingerprint density at radius 3 is 2.85 bits per heavy atom. The molecule has 1 aliphatic rings. The molecule has 0 unspecified atom stereocenters. The summed E-state index contributed by atoms with van der Waals surface area (Å²) >= 11 is 5.08. The van der Waals surface area contributed by atoms with Gasteiger partial charge < -0.3 is 15.7 Å². The van der Waals surface area contributed by atoms with Crippen LogP contribution >= 0.6 is 12.2 Å². The summed E-state index contributed by atoms with van der Waals surface area (Å²) in [6.45, 7) is 2.91. The van der Waals surface area contributed by atoms with Crippen LogP contribution in [0, 0.1) is 5.92 Å². The van der Waals surface area contributed by atoms with E-state index in [1.54, 1.807) is 0 Å². The van der Waals surface area contributed by atoms with Gasteiger partial charge in [0.15, 0.2) is 5.11 Å². The van der Waals surface area contributed by atoms with Crippen LogP contribution in [0.2, 0.25) is 0 Å². The van der Waals surface area contributed by atoms with E-state index in [1.807, 2.05) is 0 Å². The van der Waals surface area contributed by atoms with Crippen molar-refractivity contribution in [1.82, 2.24) is 10.6 Å². The standard InChI is InChI=1S/C9H18N2OS/c1-7-3-2-4-8(7)11-9(13)10-5-6-12/h7-8,12H,2-6H2,1H3,(H2,10,11,13)/t7-,8+/m1/s1. The van der Waals surface area contributed by atoms with Gasteiger partial charge in [-0.05, 0) is 31.0 Å². The Morgan fingerprint density at radius 2 is 2.31 bits per heavy atom. The first-order chi connectivity index (χ1) is 6.24. The normalized spacial score (nSPS) is 27.2. The molecule has 76 valence electrons. The molecule has 0 spiro atoms. The van der Waals surface area contributed by atoms with Gasteiger partial charge >= 0.3 is 0 Å². The van der Waals surface area contributed by atoms with Crippen molar-refractivity contribution < 1.29 is 5.11 Å². The van der Waals surface area contributed by atoms with Crippen molar-refractivity contribution in [2.24, 2.45) is 5.92 Å². The molecule has 2 atom stereocenters. The molecule has 1 rings (SSSR count). The maximum Gasteiger partial charge on any atom is 0.166 e. The fourth-order valence-corrected chi connectivity index (χ4v) is 2.00. The molecule has 3 N–H and O–H groups in total. The highest BCUT2D eigenvalue weighted by molar-refractivity contribution is 7.80. The second kappa shape index (κ2) is 5.40. The highest BCUT2D eigenvalue weighted by Crippen LogP contribution is 2.24. The van der Waals surface area contributed by atoms with E-state index in [2.05, 4.69) is 17.6 Å². The lowest BCUT2D eigenvalue weighted by Crippen LogP contribution is -2.43. The summed E-state index contributed by atoms with van der Waals surface area (Å²) in [5.74, 6) is 0.717. The minimum atomic E-state index is 0.127. The molecular weight excluding hydrogens is 184 g/mol. The molecule has 1 fully saturated rings. The van der Waals surface area contributed by atoms with Gasteiger partial charge in [-0.15, -0.1) is 0 Å². The number of aliphatic hydroxyl groups excluding tert-OH is 1. The van der Waals surface area contributed by atoms with Gasteiger partial charge in [0.1, 0.15) is 0 Å². The molecule has 1 saturated carbocycles. The highest BCUT2D eigenvalue weighted by Gasteiger charge is 2.23. The summed E-state index contributed by atoms with van der Waals surface area (Å²) in [7, 11) is 0. The Bertz CT molecular complexity index is 175. The Labute approximate surface area is 84.9 Å². The van der Waals surface area contributed by atoms with Crippen molar-refractivity contribution in [3.05, 3.63) is 0 Å². The van der Waals surface area contributed by atoms with Crippen molar-refractivity contribution in [3.63, 3.8) is 0 Å². The summed E-state index contributed by atoms with van der Waals surface area (Å²) < 4.78 is 0. The molecule has 0 aliphatic heterocycles. The van der Waals surface area contributed by atoms with Crippen molar-refractivity contribution in [3.8, 4) is 0 Å². The average molecular weight is 202 g/mol. The van der Waals surface area contributed by atoms with E-state index < -0.39 is 0 Å². The lowest BCUT2D eigenvalue weighted by molar-refractivity contribution is 0.300. The summed E-state index contributed by atoms with van der Waals surface area (Å²) in [4.78, 5) is 0. The van der Waals surface area contributed by atoms with E-state index in [1.165, 1.54) is 19.3 Å². The maximum absolute atomic E-state index is 8.58. The van der Waals surface area contributed by atoms with E-state index in [9.17, 15) is 0 Å². The van der Waals surface area contributed by atoms with Crippen LogP contribution in [-0.2, 0) is 0 Å². The molecule has 0 aromatic rings. The first-order valence-corrected chi connectivity index (χ1v) is 5.30. The van der Waals surface area contributed by atoms with Crippen molar-refractivity contribution in [1.29, 1.82) is 0 Å². The summed E-state index contributed by atoms with van der Waals surface area (Å²) in [5, 5.41) is 15.5. The monoisotopic (exact) mass is 202 g/mol. The smallest absolute Gasteiger partial charge is 0.166 e. The van der Waals surface area contributed by atoms with E-state index in [4.69, 9.17) is 17.3 Å². The number of hydrogen-bond donors (Lipinski definition) is 3. The third-order valence-electron chi connectivity index (χ3n) is 2.58. The van der Waals surface area contributed by atoms with E-state index >= 15 is 0 Å². The zero-order valence-corrected chi connectivity index (χ0v) is 8.86. The van der Waals surface area contributed by atoms with Crippen LogP contribution in [0.15, 0.2) is 0 Å². The summed E-state index contributed by atoms with van der Waals surface area (Å²) in [6.07, 6.45) is 3.80. The third-order valence-corrected chi connectivity index (χ3v) is 2.84. The molecule has 0 heterocycles. The van der Waals surface area contributed by atoms with Crippen LogP contribution in [0.25, 0.3) is 0 Å². The first-order valence-electron chi connectivity index (χ1n) is 4.89. The number of rotatable bonds is 3. The predicted octanol–water partition coefficient (Wildman–Crippen LogP) is 0.631. The lowest BCUT2D eigenvalue weighted by atomic mass is 10.1. The third kappa shape index (κ3) is 3.48. The second-order valence-corrected chi connectivity index (χ2v) is 4.05. The van der Waals surface area contributed by atoms with E-state index in [0.29, 0.717) is 23.6 Å². The van der Waals surface area contributed by atoms with E-state index in [0.717, 1.165) is 0 Å². The van der Waals surface area contributed by atoms with Crippen LogP contribution in [0.1, 0.15) is 26.2 Å². The van der Waals surface area contributed by atoms with Gasteiger partial charge in [0.25, 0.3) is 0 Å². The second-order valence-electron chi connectivity index (χ2n) is 3.64. The van der Waals surface area contributed by atoms with Crippen molar-refractivity contribution in [2.75, 3.05) is 13.2 Å². The Kier molecular flexibility index (Phi) is 4.45. The van der Waals surface area contributed by atoms with Crippen LogP contribution in [-0.4, -0.2) is 29.4 Å². The Hall–Kier alpha value is -0.350. The fraction of sp³-hybridized carbons (Fsp3) is 0.889. The molecule has 0 radical (unpaired) electrons. The molecule has 0 bridgehead atoms. The van der Waals surface area contributed by atoms with Gasteiger partial charge in [0.05, 0.1) is 6.61 Å². The van der Waals surface area contributed by atoms with Crippen LogP contribution in [0.4, 0.5) is 0 Å². The summed E-state index contributed by atoms with van der Waals surface area (Å²) in [6, 6.07) is 0.527. The number of nitrogens with one attached hydrogen (secondary N) is 2. The zero-order valence-electron chi connectivity index (χ0n) is 8.05. The molecule has 1 aliphatic carbocycles. The average Bonchev–Trinajstić information content (AvgIpc) is 2.48. The molecular formula is C9H18N2OS. The van der Waals surface area contributed by atoms with Gasteiger partial charge in [-0.25, -0.2) is 0 Å². The van der Waals surface area contributed by atoms with Gasteiger partial charge in [-0.2, -0.15) is 0 Å². The van der Waals surface area contributed by atoms with Crippen LogP contribution in [0.5, 0.6) is 0 Å². The fourth-order valence-electron chi connectivity index (χ4n) is 1.75. The molecule has 0 amide bonds. The Morgan fingerprint density at radius 1 is 1.54 bits per heavy atom. The molecule has 3 nitrogen and oxygen atoms in total. The van der Waals surface area contributed by atoms with E-state index in [-0.39, 0.29) is 6.61 Å². The number of aliphatic hydroxyl groups is 1. The molecule has 4 heteroatoms. The number of hydrogen-bond acceptors (Lipinski definition) is 2. The lowest BCUT2D eigenvalue weighted by Gasteiger charge is -2.19.